The Labute approximate surface area is 101 Å². The van der Waals surface area contributed by atoms with Crippen LogP contribution in [0.2, 0.25) is 0 Å². The van der Waals surface area contributed by atoms with E-state index < -0.39 is 5.91 Å². The number of carbonyl (C=O) groups is 1. The predicted molar refractivity (Wildman–Crippen MR) is 66.8 cm³/mol. The molecule has 1 aliphatic heterocycles. The summed E-state index contributed by atoms with van der Waals surface area (Å²) in [4.78, 5) is 14.9. The van der Waals surface area contributed by atoms with Crippen molar-refractivity contribution in [1.82, 2.24) is 10.3 Å². The lowest BCUT2D eigenvalue weighted by atomic mass is 10.00. The van der Waals surface area contributed by atoms with Gasteiger partial charge in [0.1, 0.15) is 5.69 Å². The van der Waals surface area contributed by atoms with Crippen LogP contribution in [-0.4, -0.2) is 30.5 Å². The molecule has 1 aromatic rings. The lowest BCUT2D eigenvalue weighted by Gasteiger charge is -2.23. The Morgan fingerprint density at radius 2 is 2.53 bits per heavy atom. The summed E-state index contributed by atoms with van der Waals surface area (Å²) in [7, 11) is 0. The molecule has 1 saturated heterocycles. The molecule has 1 aliphatic rings. The second-order valence-corrected chi connectivity index (χ2v) is 4.39. The molecule has 0 radical (unpaired) electrons. The van der Waals surface area contributed by atoms with Crippen LogP contribution in [0.4, 0.5) is 5.69 Å². The monoisotopic (exact) mass is 234 g/mol. The Morgan fingerprint density at radius 3 is 3.24 bits per heavy atom. The number of nitrogens with zero attached hydrogens (tertiary/aromatic N) is 1. The van der Waals surface area contributed by atoms with E-state index in [0.717, 1.165) is 25.3 Å². The molecule has 17 heavy (non-hydrogen) atoms. The van der Waals surface area contributed by atoms with E-state index in [4.69, 9.17) is 5.73 Å². The number of rotatable bonds is 4. The van der Waals surface area contributed by atoms with Crippen molar-refractivity contribution in [3.63, 3.8) is 0 Å². The molecule has 0 bridgehead atoms. The fourth-order valence-corrected chi connectivity index (χ4v) is 2.04. The van der Waals surface area contributed by atoms with Gasteiger partial charge in [-0.05, 0) is 44.0 Å². The molecular weight excluding hydrogens is 216 g/mol. The first-order valence-electron chi connectivity index (χ1n) is 5.96. The summed E-state index contributed by atoms with van der Waals surface area (Å²) in [6.45, 7) is 3.09. The van der Waals surface area contributed by atoms with Gasteiger partial charge in [-0.1, -0.05) is 0 Å². The van der Waals surface area contributed by atoms with Gasteiger partial charge < -0.3 is 16.4 Å². The van der Waals surface area contributed by atoms with Gasteiger partial charge in [-0.3, -0.25) is 9.78 Å². The number of hydrogen-bond donors (Lipinski definition) is 3. The zero-order valence-corrected chi connectivity index (χ0v) is 9.78. The average Bonchev–Trinajstić information content (AvgIpc) is 2.38. The third-order valence-electron chi connectivity index (χ3n) is 3.01. The molecule has 0 saturated carbocycles. The summed E-state index contributed by atoms with van der Waals surface area (Å²) in [6, 6.07) is 3.54. The van der Waals surface area contributed by atoms with Gasteiger partial charge in [-0.2, -0.15) is 0 Å². The molecule has 1 amide bonds. The first-order valence-corrected chi connectivity index (χ1v) is 5.96. The van der Waals surface area contributed by atoms with Crippen LogP contribution < -0.4 is 16.4 Å². The Hall–Kier alpha value is -1.62. The lowest BCUT2D eigenvalue weighted by molar-refractivity contribution is 0.0995. The smallest absolute Gasteiger partial charge is 0.267 e. The Morgan fingerprint density at radius 1 is 1.65 bits per heavy atom. The number of nitrogens with one attached hydrogen (secondary N) is 2. The van der Waals surface area contributed by atoms with E-state index >= 15 is 0 Å². The van der Waals surface area contributed by atoms with E-state index in [0.29, 0.717) is 11.6 Å². The van der Waals surface area contributed by atoms with E-state index in [1.54, 1.807) is 12.3 Å². The molecule has 2 rings (SSSR count). The summed E-state index contributed by atoms with van der Waals surface area (Å²) in [6.07, 6.45) is 4.07. The first kappa shape index (κ1) is 11.9. The van der Waals surface area contributed by atoms with Gasteiger partial charge >= 0.3 is 0 Å². The normalized spacial score (nSPS) is 19.9. The third-order valence-corrected chi connectivity index (χ3v) is 3.01. The lowest BCUT2D eigenvalue weighted by Crippen LogP contribution is -2.33. The van der Waals surface area contributed by atoms with Crippen LogP contribution in [0.3, 0.4) is 0 Å². The Balaban J connectivity index is 1.89. The molecule has 1 fully saturated rings. The summed E-state index contributed by atoms with van der Waals surface area (Å²) >= 11 is 0. The number of piperidine rings is 1. The SMILES string of the molecule is NC(=O)c1cc(NCC2CCCNC2)ccn1. The fraction of sp³-hybridized carbons (Fsp3) is 0.500. The van der Waals surface area contributed by atoms with Crippen molar-refractivity contribution in [2.75, 3.05) is 25.0 Å². The van der Waals surface area contributed by atoms with E-state index in [-0.39, 0.29) is 0 Å². The molecule has 2 heterocycles. The summed E-state index contributed by atoms with van der Waals surface area (Å²) in [5.41, 5.74) is 6.39. The highest BCUT2D eigenvalue weighted by Gasteiger charge is 2.12. The topological polar surface area (TPSA) is 80.0 Å². The highest BCUT2D eigenvalue weighted by Crippen LogP contribution is 2.13. The molecule has 0 aromatic carbocycles. The second-order valence-electron chi connectivity index (χ2n) is 4.39. The van der Waals surface area contributed by atoms with Crippen molar-refractivity contribution in [3.8, 4) is 0 Å². The van der Waals surface area contributed by atoms with Gasteiger partial charge in [-0.25, -0.2) is 0 Å². The number of carbonyl (C=O) groups excluding carboxylic acids is 1. The van der Waals surface area contributed by atoms with Crippen LogP contribution >= 0.6 is 0 Å². The van der Waals surface area contributed by atoms with Crippen LogP contribution in [0, 0.1) is 5.92 Å². The Bertz CT molecular complexity index is 388. The van der Waals surface area contributed by atoms with Crippen LogP contribution in [-0.2, 0) is 0 Å². The predicted octanol–water partition coefficient (Wildman–Crippen LogP) is 0.592. The molecule has 4 N–H and O–H groups in total. The summed E-state index contributed by atoms with van der Waals surface area (Å²) in [5.74, 6) is 0.155. The van der Waals surface area contributed by atoms with Gasteiger partial charge in [-0.15, -0.1) is 0 Å². The van der Waals surface area contributed by atoms with Crippen LogP contribution in [0.5, 0.6) is 0 Å². The van der Waals surface area contributed by atoms with E-state index in [1.165, 1.54) is 12.8 Å². The quantitative estimate of drug-likeness (QED) is 0.712. The third kappa shape index (κ3) is 3.42. The van der Waals surface area contributed by atoms with Crippen molar-refractivity contribution in [2.45, 2.75) is 12.8 Å². The number of aromatic nitrogens is 1. The molecule has 0 aliphatic carbocycles. The van der Waals surface area contributed by atoms with E-state index in [1.807, 2.05) is 6.07 Å². The van der Waals surface area contributed by atoms with Gasteiger partial charge in [0.15, 0.2) is 0 Å². The fourth-order valence-electron chi connectivity index (χ4n) is 2.04. The van der Waals surface area contributed by atoms with Crippen LogP contribution in [0.25, 0.3) is 0 Å². The molecule has 1 atom stereocenters. The number of nitrogens with two attached hydrogens (primary N) is 1. The summed E-state index contributed by atoms with van der Waals surface area (Å²) in [5, 5.41) is 6.70. The van der Waals surface area contributed by atoms with Gasteiger partial charge in [0, 0.05) is 18.4 Å². The molecule has 1 aromatic heterocycles. The minimum Gasteiger partial charge on any atom is -0.385 e. The van der Waals surface area contributed by atoms with Crippen LogP contribution in [0.1, 0.15) is 23.3 Å². The minimum atomic E-state index is -0.493. The van der Waals surface area contributed by atoms with Crippen molar-refractivity contribution in [3.05, 3.63) is 24.0 Å². The molecule has 92 valence electrons. The molecular formula is C12H18N4O. The zero-order valence-electron chi connectivity index (χ0n) is 9.78. The first-order chi connectivity index (χ1) is 8.25. The van der Waals surface area contributed by atoms with Crippen molar-refractivity contribution in [1.29, 1.82) is 0 Å². The van der Waals surface area contributed by atoms with Crippen molar-refractivity contribution >= 4 is 11.6 Å². The number of anilines is 1. The highest BCUT2D eigenvalue weighted by molar-refractivity contribution is 5.91. The maximum Gasteiger partial charge on any atom is 0.267 e. The summed E-state index contributed by atoms with van der Waals surface area (Å²) < 4.78 is 0. The average molecular weight is 234 g/mol. The Kier molecular flexibility index (Phi) is 3.93. The zero-order chi connectivity index (χ0) is 12.1. The number of amides is 1. The highest BCUT2D eigenvalue weighted by atomic mass is 16.1. The standard InChI is InChI=1S/C12H18N4O/c13-12(17)11-6-10(3-5-15-11)16-8-9-2-1-4-14-7-9/h3,5-6,9,14H,1-2,4,7-8H2,(H2,13,17)(H,15,16). The van der Waals surface area contributed by atoms with Crippen molar-refractivity contribution < 1.29 is 4.79 Å². The molecule has 5 nitrogen and oxygen atoms in total. The van der Waals surface area contributed by atoms with Gasteiger partial charge in [0.25, 0.3) is 5.91 Å². The maximum atomic E-state index is 11.0. The molecule has 1 unspecified atom stereocenters. The van der Waals surface area contributed by atoms with Gasteiger partial charge in [0.05, 0.1) is 0 Å². The number of hydrogen-bond acceptors (Lipinski definition) is 4. The molecule has 0 spiro atoms. The number of primary amides is 1. The minimum absolute atomic E-state index is 0.303. The molecule has 5 heteroatoms. The van der Waals surface area contributed by atoms with Crippen molar-refractivity contribution in [2.24, 2.45) is 11.7 Å². The van der Waals surface area contributed by atoms with E-state index in [2.05, 4.69) is 15.6 Å². The second kappa shape index (κ2) is 5.63. The van der Waals surface area contributed by atoms with E-state index in [9.17, 15) is 4.79 Å². The maximum absolute atomic E-state index is 11.0. The number of pyridine rings is 1. The largest absolute Gasteiger partial charge is 0.385 e. The van der Waals surface area contributed by atoms with Crippen LogP contribution in [0.15, 0.2) is 18.3 Å². The van der Waals surface area contributed by atoms with Gasteiger partial charge in [0.2, 0.25) is 0 Å².